The van der Waals surface area contributed by atoms with Crippen molar-refractivity contribution in [1.29, 1.82) is 0 Å². The second kappa shape index (κ2) is 9.00. The zero-order valence-electron chi connectivity index (χ0n) is 18.4. The molecule has 1 amide bonds. The highest BCUT2D eigenvalue weighted by molar-refractivity contribution is 7.99. The van der Waals surface area contributed by atoms with Crippen LogP contribution in [0.1, 0.15) is 36.6 Å². The van der Waals surface area contributed by atoms with Crippen LogP contribution in [0.5, 0.6) is 0 Å². The predicted octanol–water partition coefficient (Wildman–Crippen LogP) is 4.84. The summed E-state index contributed by atoms with van der Waals surface area (Å²) in [5, 5.41) is 7.65. The van der Waals surface area contributed by atoms with Crippen LogP contribution < -0.4 is 10.9 Å². The van der Waals surface area contributed by atoms with Gasteiger partial charge in [-0.3, -0.25) is 19.5 Å². The van der Waals surface area contributed by atoms with Gasteiger partial charge in [-0.15, -0.1) is 0 Å². The van der Waals surface area contributed by atoms with E-state index in [4.69, 9.17) is 4.52 Å². The van der Waals surface area contributed by atoms with Crippen LogP contribution in [0.4, 0.5) is 5.88 Å². The average Bonchev–Trinajstić information content (AvgIpc) is 3.20. The Morgan fingerprint density at radius 1 is 1.12 bits per heavy atom. The SMILES string of the molecule is Cc1cc(C)cc(-n2c(SCC(=O)Nc3cc(C(C)C)no3)nc3ccccc3c2=O)c1. The number of carbonyl (C=O) groups excluding carboxylic acids is 1. The summed E-state index contributed by atoms with van der Waals surface area (Å²) in [6.45, 7) is 7.96. The number of thioether (sulfide) groups is 1. The van der Waals surface area contributed by atoms with Crippen LogP contribution in [0.2, 0.25) is 0 Å². The minimum atomic E-state index is -0.268. The van der Waals surface area contributed by atoms with E-state index in [1.165, 1.54) is 11.8 Å². The minimum Gasteiger partial charge on any atom is -0.338 e. The lowest BCUT2D eigenvalue weighted by Crippen LogP contribution is -2.23. The zero-order valence-corrected chi connectivity index (χ0v) is 19.2. The standard InChI is InChI=1S/C24H24N4O3S/c1-14(2)20-12-22(31-27-20)26-21(29)13-32-24-25-19-8-6-5-7-18(19)23(30)28(24)17-10-15(3)9-16(4)11-17/h5-12,14H,13H2,1-4H3,(H,26,29). The summed E-state index contributed by atoms with van der Waals surface area (Å²) in [6.07, 6.45) is 0. The van der Waals surface area contributed by atoms with Gasteiger partial charge in [0, 0.05) is 6.07 Å². The lowest BCUT2D eigenvalue weighted by molar-refractivity contribution is -0.113. The number of hydrogen-bond donors (Lipinski definition) is 1. The number of amides is 1. The Kier molecular flexibility index (Phi) is 6.14. The summed E-state index contributed by atoms with van der Waals surface area (Å²) in [7, 11) is 0. The quantitative estimate of drug-likeness (QED) is 0.335. The average molecular weight is 449 g/mol. The van der Waals surface area contributed by atoms with Gasteiger partial charge in [0.25, 0.3) is 5.56 Å². The fraction of sp³-hybridized carbons (Fsp3) is 0.250. The predicted molar refractivity (Wildman–Crippen MR) is 127 cm³/mol. The van der Waals surface area contributed by atoms with Gasteiger partial charge >= 0.3 is 0 Å². The summed E-state index contributed by atoms with van der Waals surface area (Å²) in [5.41, 5.74) is 4.01. The first kappa shape index (κ1) is 21.8. The second-order valence-corrected chi connectivity index (χ2v) is 8.95. The fourth-order valence-corrected chi connectivity index (χ4v) is 4.25. The van der Waals surface area contributed by atoms with Gasteiger partial charge in [0.05, 0.1) is 28.0 Å². The molecule has 0 atom stereocenters. The molecule has 2 aromatic carbocycles. The van der Waals surface area contributed by atoms with Crippen molar-refractivity contribution in [3.8, 4) is 5.69 Å². The molecule has 0 aliphatic carbocycles. The van der Waals surface area contributed by atoms with E-state index in [0.717, 1.165) is 22.5 Å². The summed E-state index contributed by atoms with van der Waals surface area (Å²) in [6, 6.07) is 14.9. The van der Waals surface area contributed by atoms with E-state index in [1.54, 1.807) is 22.8 Å². The Bertz CT molecular complexity index is 1340. The monoisotopic (exact) mass is 448 g/mol. The third-order valence-electron chi connectivity index (χ3n) is 4.92. The molecule has 8 heteroatoms. The maximum absolute atomic E-state index is 13.4. The first-order valence-electron chi connectivity index (χ1n) is 10.3. The molecule has 2 heterocycles. The first-order chi connectivity index (χ1) is 15.3. The number of rotatable bonds is 6. The molecule has 4 rings (SSSR count). The van der Waals surface area contributed by atoms with E-state index in [1.807, 2.05) is 58.0 Å². The number of fused-ring (bicyclic) bond motifs is 1. The van der Waals surface area contributed by atoms with Crippen LogP contribution in [0.25, 0.3) is 16.6 Å². The largest absolute Gasteiger partial charge is 0.338 e. The molecule has 32 heavy (non-hydrogen) atoms. The Labute approximate surface area is 189 Å². The second-order valence-electron chi connectivity index (χ2n) is 8.01. The Balaban J connectivity index is 1.66. The number of para-hydroxylation sites is 1. The van der Waals surface area contributed by atoms with Gasteiger partial charge in [0.1, 0.15) is 0 Å². The van der Waals surface area contributed by atoms with E-state index >= 15 is 0 Å². The summed E-state index contributed by atoms with van der Waals surface area (Å²) >= 11 is 1.20. The zero-order chi connectivity index (χ0) is 22.8. The third-order valence-corrected chi connectivity index (χ3v) is 5.86. The molecule has 0 fully saturated rings. The van der Waals surface area contributed by atoms with Crippen molar-refractivity contribution >= 4 is 34.5 Å². The van der Waals surface area contributed by atoms with Gasteiger partial charge in [-0.2, -0.15) is 0 Å². The van der Waals surface area contributed by atoms with Crippen LogP contribution in [0.3, 0.4) is 0 Å². The summed E-state index contributed by atoms with van der Waals surface area (Å²) < 4.78 is 6.76. The molecule has 0 unspecified atom stereocenters. The molecular formula is C24H24N4O3S. The molecule has 0 spiro atoms. The van der Waals surface area contributed by atoms with Crippen molar-refractivity contribution < 1.29 is 9.32 Å². The smallest absolute Gasteiger partial charge is 0.266 e. The number of anilines is 1. The number of aromatic nitrogens is 3. The topological polar surface area (TPSA) is 90.0 Å². The lowest BCUT2D eigenvalue weighted by Gasteiger charge is -2.14. The molecule has 7 nitrogen and oxygen atoms in total. The van der Waals surface area contributed by atoms with Crippen molar-refractivity contribution in [3.63, 3.8) is 0 Å². The van der Waals surface area contributed by atoms with Gasteiger partial charge < -0.3 is 4.52 Å². The van der Waals surface area contributed by atoms with E-state index in [0.29, 0.717) is 21.9 Å². The van der Waals surface area contributed by atoms with E-state index < -0.39 is 0 Å². The molecule has 0 bridgehead atoms. The van der Waals surface area contributed by atoms with Gasteiger partial charge in [0.2, 0.25) is 11.8 Å². The van der Waals surface area contributed by atoms with Gasteiger partial charge in [-0.05, 0) is 55.2 Å². The molecule has 0 saturated heterocycles. The molecule has 1 N–H and O–H groups in total. The molecule has 0 aliphatic heterocycles. The first-order valence-corrected chi connectivity index (χ1v) is 11.3. The molecule has 0 radical (unpaired) electrons. The molecule has 164 valence electrons. The van der Waals surface area contributed by atoms with E-state index in [9.17, 15) is 9.59 Å². The van der Waals surface area contributed by atoms with Crippen molar-refractivity contribution in [1.82, 2.24) is 14.7 Å². The molecule has 2 aromatic heterocycles. The van der Waals surface area contributed by atoms with Crippen LogP contribution in [-0.2, 0) is 4.79 Å². The van der Waals surface area contributed by atoms with E-state index in [-0.39, 0.29) is 23.1 Å². The van der Waals surface area contributed by atoms with Crippen LogP contribution in [0.15, 0.2) is 63.0 Å². The number of carbonyl (C=O) groups is 1. The van der Waals surface area contributed by atoms with Crippen LogP contribution >= 0.6 is 11.8 Å². The molecular weight excluding hydrogens is 424 g/mol. The Morgan fingerprint density at radius 3 is 2.53 bits per heavy atom. The van der Waals surface area contributed by atoms with E-state index in [2.05, 4.69) is 15.5 Å². The third kappa shape index (κ3) is 4.60. The van der Waals surface area contributed by atoms with Crippen molar-refractivity contribution in [2.45, 2.75) is 38.8 Å². The molecule has 0 saturated carbocycles. The fourth-order valence-electron chi connectivity index (χ4n) is 3.44. The Morgan fingerprint density at radius 2 is 1.84 bits per heavy atom. The van der Waals surface area contributed by atoms with Gasteiger partial charge in [-0.1, -0.05) is 49.0 Å². The van der Waals surface area contributed by atoms with Gasteiger partial charge in [0.15, 0.2) is 5.16 Å². The normalized spacial score (nSPS) is 11.3. The summed E-state index contributed by atoms with van der Waals surface area (Å²) in [5.74, 6) is 0.300. The van der Waals surface area contributed by atoms with Crippen LogP contribution in [-0.4, -0.2) is 26.4 Å². The number of aryl methyl sites for hydroxylation is 2. The number of nitrogens with one attached hydrogen (secondary N) is 1. The Hall–Kier alpha value is -3.39. The minimum absolute atomic E-state index is 0.0628. The van der Waals surface area contributed by atoms with Crippen LogP contribution in [0, 0.1) is 13.8 Å². The van der Waals surface area contributed by atoms with Gasteiger partial charge in [-0.25, -0.2) is 4.98 Å². The van der Waals surface area contributed by atoms with Crippen molar-refractivity contribution in [2.24, 2.45) is 0 Å². The number of hydrogen-bond acceptors (Lipinski definition) is 6. The molecule has 4 aromatic rings. The maximum Gasteiger partial charge on any atom is 0.266 e. The highest BCUT2D eigenvalue weighted by atomic mass is 32.2. The highest BCUT2D eigenvalue weighted by Gasteiger charge is 2.16. The number of benzene rings is 2. The lowest BCUT2D eigenvalue weighted by atomic mass is 10.1. The maximum atomic E-state index is 13.4. The highest BCUT2D eigenvalue weighted by Crippen LogP contribution is 2.23. The molecule has 0 aliphatic rings. The summed E-state index contributed by atoms with van der Waals surface area (Å²) in [4.78, 5) is 30.6. The van der Waals surface area contributed by atoms with Crippen molar-refractivity contribution in [3.05, 3.63) is 75.7 Å². The number of nitrogens with zero attached hydrogens (tertiary/aromatic N) is 3. The van der Waals surface area contributed by atoms with Crippen molar-refractivity contribution in [2.75, 3.05) is 11.1 Å².